The minimum atomic E-state index is -1.39. The molecule has 0 atom stereocenters. The minimum absolute atomic E-state index is 0.0984. The van der Waals surface area contributed by atoms with Crippen LogP contribution in [0.4, 0.5) is 17.6 Å². The topological polar surface area (TPSA) is 0 Å². The van der Waals surface area contributed by atoms with Gasteiger partial charge in [0.2, 0.25) is 0 Å². The molecule has 0 heterocycles. The van der Waals surface area contributed by atoms with E-state index in [1.54, 1.807) is 0 Å². The van der Waals surface area contributed by atoms with Crippen LogP contribution in [0.1, 0.15) is 5.56 Å². The van der Waals surface area contributed by atoms with Crippen molar-refractivity contribution in [2.45, 2.75) is 6.32 Å². The van der Waals surface area contributed by atoms with E-state index >= 15 is 0 Å². The van der Waals surface area contributed by atoms with Gasteiger partial charge in [-0.3, -0.25) is 0 Å². The van der Waals surface area contributed by atoms with Gasteiger partial charge >= 0.3 is 0 Å². The van der Waals surface area contributed by atoms with Crippen molar-refractivity contribution in [1.82, 2.24) is 0 Å². The summed E-state index contributed by atoms with van der Waals surface area (Å²) in [7, 11) is 1.41. The first-order valence-corrected chi connectivity index (χ1v) is 4.30. The molecule has 0 spiro atoms. The molecule has 0 radical (unpaired) electrons. The highest BCUT2D eigenvalue weighted by Crippen LogP contribution is 2.27. The molecule has 13 heavy (non-hydrogen) atoms. The predicted octanol–water partition coefficient (Wildman–Crippen LogP) is 2.14. The lowest BCUT2D eigenvalue weighted by molar-refractivity contribution is 0.436. The Bertz CT molecular complexity index is 324. The molecule has 0 saturated heterocycles. The standard InChI is InChI=1S/C7H4BBrF4/c8-1-2-4(10)6(12)3(9)7(13)5(2)11/h1,8H2. The maximum Gasteiger partial charge on any atom is 0.176 e. The zero-order chi connectivity index (χ0) is 10.2. The first kappa shape index (κ1) is 10.6. The molecule has 0 aliphatic rings. The van der Waals surface area contributed by atoms with Crippen LogP contribution >= 0.6 is 15.9 Å². The van der Waals surface area contributed by atoms with Gasteiger partial charge in [-0.1, -0.05) is 6.32 Å². The first-order chi connectivity index (χ1) is 6.00. The van der Waals surface area contributed by atoms with Crippen LogP contribution in [0.5, 0.6) is 0 Å². The lowest BCUT2D eigenvalue weighted by Gasteiger charge is -2.06. The Balaban J connectivity index is 3.56. The average Bonchev–Trinajstić information content (AvgIpc) is 2.13. The third-order valence-corrected chi connectivity index (χ3v) is 2.35. The Labute approximate surface area is 81.5 Å². The van der Waals surface area contributed by atoms with Crippen LogP contribution in [0.15, 0.2) is 4.47 Å². The van der Waals surface area contributed by atoms with Gasteiger partial charge < -0.3 is 0 Å². The van der Waals surface area contributed by atoms with Gasteiger partial charge in [-0.05, 0) is 15.9 Å². The van der Waals surface area contributed by atoms with E-state index in [0.29, 0.717) is 0 Å². The largest absolute Gasteiger partial charge is 0.203 e. The molecule has 70 valence electrons. The highest BCUT2D eigenvalue weighted by atomic mass is 79.9. The summed E-state index contributed by atoms with van der Waals surface area (Å²) in [5.74, 6) is -5.46. The van der Waals surface area contributed by atoms with Crippen molar-refractivity contribution < 1.29 is 17.6 Å². The molecule has 6 heteroatoms. The summed E-state index contributed by atoms with van der Waals surface area (Å²) in [4.78, 5) is 0. The predicted molar refractivity (Wildman–Crippen MR) is 46.2 cm³/mol. The third-order valence-electron chi connectivity index (χ3n) is 1.65. The molecule has 1 rings (SSSR count). The smallest absolute Gasteiger partial charge is 0.176 e. The van der Waals surface area contributed by atoms with Gasteiger partial charge in [0.15, 0.2) is 23.3 Å². The van der Waals surface area contributed by atoms with Crippen LogP contribution < -0.4 is 0 Å². The van der Waals surface area contributed by atoms with Gasteiger partial charge in [0.25, 0.3) is 0 Å². The highest BCUT2D eigenvalue weighted by Gasteiger charge is 2.22. The fourth-order valence-electron chi connectivity index (χ4n) is 0.961. The monoisotopic (exact) mass is 254 g/mol. The summed E-state index contributed by atoms with van der Waals surface area (Å²) in [6.45, 7) is 0. The molecule has 0 saturated carbocycles. The second-order valence-corrected chi connectivity index (χ2v) is 3.20. The quantitative estimate of drug-likeness (QED) is 0.312. The lowest BCUT2D eigenvalue weighted by atomic mass is 9.96. The molecular formula is C7H4BBrF4. The molecule has 0 aromatic heterocycles. The third kappa shape index (κ3) is 1.59. The molecule has 0 nitrogen and oxygen atoms in total. The molecule has 0 amide bonds. The average molecular weight is 255 g/mol. The van der Waals surface area contributed by atoms with Crippen LogP contribution in [-0.4, -0.2) is 7.85 Å². The van der Waals surface area contributed by atoms with Crippen molar-refractivity contribution in [1.29, 1.82) is 0 Å². The van der Waals surface area contributed by atoms with E-state index in [4.69, 9.17) is 0 Å². The Morgan fingerprint density at radius 1 is 0.923 bits per heavy atom. The van der Waals surface area contributed by atoms with E-state index in [0.717, 1.165) is 0 Å². The maximum absolute atomic E-state index is 12.9. The highest BCUT2D eigenvalue weighted by molar-refractivity contribution is 9.10. The summed E-state index contributed by atoms with van der Waals surface area (Å²) in [6.07, 6.45) is -0.0984. The van der Waals surface area contributed by atoms with Gasteiger partial charge in [0, 0.05) is 5.56 Å². The van der Waals surface area contributed by atoms with E-state index in [2.05, 4.69) is 15.9 Å². The van der Waals surface area contributed by atoms with Gasteiger partial charge in [0.05, 0.1) is 4.47 Å². The Hall–Kier alpha value is -0.515. The van der Waals surface area contributed by atoms with E-state index < -0.39 is 33.3 Å². The lowest BCUT2D eigenvalue weighted by Crippen LogP contribution is -2.04. The van der Waals surface area contributed by atoms with E-state index in [-0.39, 0.29) is 6.32 Å². The number of benzene rings is 1. The Morgan fingerprint density at radius 3 is 1.62 bits per heavy atom. The summed E-state index contributed by atoms with van der Waals surface area (Å²) < 4.78 is 50.6. The maximum atomic E-state index is 12.9. The Kier molecular flexibility index (Phi) is 3.00. The van der Waals surface area contributed by atoms with Crippen LogP contribution in [0.3, 0.4) is 0 Å². The second kappa shape index (κ2) is 3.70. The zero-order valence-electron chi connectivity index (χ0n) is 6.60. The van der Waals surface area contributed by atoms with Crippen molar-refractivity contribution in [3.63, 3.8) is 0 Å². The molecule has 0 bridgehead atoms. The molecule has 1 aromatic carbocycles. The fraction of sp³-hybridized carbons (Fsp3) is 0.143. The van der Waals surface area contributed by atoms with Gasteiger partial charge in [-0.2, -0.15) is 0 Å². The van der Waals surface area contributed by atoms with Crippen LogP contribution in [0.2, 0.25) is 0 Å². The summed E-state index contributed by atoms with van der Waals surface area (Å²) in [5, 5.41) is 0. The van der Waals surface area contributed by atoms with Gasteiger partial charge in [0.1, 0.15) is 7.85 Å². The molecule has 0 aliphatic heterocycles. The number of halogens is 5. The SMILES string of the molecule is BCc1c(F)c(F)c(Br)c(F)c1F. The van der Waals surface area contributed by atoms with E-state index in [1.807, 2.05) is 0 Å². The van der Waals surface area contributed by atoms with Crippen molar-refractivity contribution in [2.75, 3.05) is 0 Å². The summed E-state index contributed by atoms with van der Waals surface area (Å²) >= 11 is 2.41. The van der Waals surface area contributed by atoms with Crippen LogP contribution in [0.25, 0.3) is 0 Å². The molecular weight excluding hydrogens is 251 g/mol. The number of rotatable bonds is 1. The molecule has 1 aromatic rings. The molecule has 0 N–H and O–H groups in total. The number of hydrogen-bond donors (Lipinski definition) is 0. The van der Waals surface area contributed by atoms with Crippen molar-refractivity contribution in [3.05, 3.63) is 33.3 Å². The molecule has 0 unspecified atom stereocenters. The molecule has 0 aliphatic carbocycles. The number of hydrogen-bond acceptors (Lipinski definition) is 0. The Morgan fingerprint density at radius 2 is 1.31 bits per heavy atom. The zero-order valence-corrected chi connectivity index (χ0v) is 8.18. The fourth-order valence-corrected chi connectivity index (χ4v) is 1.31. The van der Waals surface area contributed by atoms with Crippen molar-refractivity contribution >= 4 is 23.8 Å². The molecule has 0 fully saturated rings. The van der Waals surface area contributed by atoms with Gasteiger partial charge in [-0.25, -0.2) is 17.6 Å². The van der Waals surface area contributed by atoms with Crippen LogP contribution in [0, 0.1) is 23.3 Å². The minimum Gasteiger partial charge on any atom is -0.203 e. The van der Waals surface area contributed by atoms with Crippen molar-refractivity contribution in [2.24, 2.45) is 0 Å². The van der Waals surface area contributed by atoms with E-state index in [1.165, 1.54) is 7.85 Å². The first-order valence-electron chi connectivity index (χ1n) is 3.51. The van der Waals surface area contributed by atoms with Crippen molar-refractivity contribution in [3.8, 4) is 0 Å². The second-order valence-electron chi connectivity index (χ2n) is 2.40. The van der Waals surface area contributed by atoms with Crippen LogP contribution in [-0.2, 0) is 6.32 Å². The van der Waals surface area contributed by atoms with Gasteiger partial charge in [-0.15, -0.1) is 0 Å². The summed E-state index contributed by atoms with van der Waals surface area (Å²) in [6, 6.07) is 0. The van der Waals surface area contributed by atoms with E-state index in [9.17, 15) is 17.6 Å². The summed E-state index contributed by atoms with van der Waals surface area (Å²) in [5.41, 5.74) is -0.571. The normalized spacial score (nSPS) is 10.5.